The van der Waals surface area contributed by atoms with Gasteiger partial charge in [-0.05, 0) is 31.2 Å². The van der Waals surface area contributed by atoms with E-state index < -0.39 is 5.91 Å². The molecular weight excluding hydrogens is 422 g/mol. The average molecular weight is 443 g/mol. The molecule has 4 aromatic rings. The average Bonchev–Trinajstić information content (AvgIpc) is 3.22. The Morgan fingerprint density at radius 2 is 1.94 bits per heavy atom. The molecule has 6 N–H and O–H groups in total. The lowest BCUT2D eigenvalue weighted by Crippen LogP contribution is -2.37. The fourth-order valence-corrected chi connectivity index (χ4v) is 4.00. The molecule has 166 valence electrons. The molecule has 11 nitrogen and oxygen atoms in total. The highest BCUT2D eigenvalue weighted by atomic mass is 16.1. The van der Waals surface area contributed by atoms with Gasteiger partial charge in [0.25, 0.3) is 5.56 Å². The van der Waals surface area contributed by atoms with Gasteiger partial charge in [0.1, 0.15) is 17.4 Å². The summed E-state index contributed by atoms with van der Waals surface area (Å²) in [6, 6.07) is 6.26. The molecule has 3 aromatic heterocycles. The largest absolute Gasteiger partial charge is 0.377 e. The van der Waals surface area contributed by atoms with Crippen LogP contribution >= 0.6 is 0 Å². The summed E-state index contributed by atoms with van der Waals surface area (Å²) >= 11 is 0. The van der Waals surface area contributed by atoms with Crippen molar-refractivity contribution >= 4 is 34.5 Å². The highest BCUT2D eigenvalue weighted by molar-refractivity contribution is 5.99. The Morgan fingerprint density at radius 3 is 2.67 bits per heavy atom. The Hall–Kier alpha value is -4.54. The van der Waals surface area contributed by atoms with E-state index in [9.17, 15) is 9.59 Å². The number of imidazole rings is 1. The smallest absolute Gasteiger partial charge is 0.261 e. The second-order valence-electron chi connectivity index (χ2n) is 7.72. The Bertz CT molecular complexity index is 1460. The molecule has 11 heteroatoms. The van der Waals surface area contributed by atoms with E-state index in [0.717, 1.165) is 0 Å². The van der Waals surface area contributed by atoms with Crippen molar-refractivity contribution in [2.75, 3.05) is 17.7 Å². The molecule has 0 saturated heterocycles. The predicted molar refractivity (Wildman–Crippen MR) is 126 cm³/mol. The van der Waals surface area contributed by atoms with Crippen LogP contribution in [0.25, 0.3) is 22.4 Å². The molecule has 5 rings (SSSR count). The quantitative estimate of drug-likeness (QED) is 0.300. The van der Waals surface area contributed by atoms with Crippen LogP contribution in [0.3, 0.4) is 0 Å². The van der Waals surface area contributed by atoms with Crippen molar-refractivity contribution in [1.82, 2.24) is 24.9 Å². The van der Waals surface area contributed by atoms with Crippen LogP contribution in [0, 0.1) is 0 Å². The monoisotopic (exact) mass is 443 g/mol. The van der Waals surface area contributed by atoms with Crippen LogP contribution in [-0.2, 0) is 0 Å². The van der Waals surface area contributed by atoms with E-state index >= 15 is 0 Å². The highest BCUT2D eigenvalue weighted by Crippen LogP contribution is 2.40. The van der Waals surface area contributed by atoms with E-state index in [-0.39, 0.29) is 17.6 Å². The maximum Gasteiger partial charge on any atom is 0.261 e. The molecule has 33 heavy (non-hydrogen) atoms. The van der Waals surface area contributed by atoms with Crippen molar-refractivity contribution in [2.45, 2.75) is 19.0 Å². The number of nitrogens with one attached hydrogen (secondary N) is 4. The maximum absolute atomic E-state index is 13.2. The summed E-state index contributed by atoms with van der Waals surface area (Å²) in [5, 5.41) is 6.89. The lowest BCUT2D eigenvalue weighted by Gasteiger charge is -2.34. The number of primary amides is 1. The molecule has 1 aliphatic heterocycles. The van der Waals surface area contributed by atoms with E-state index in [1.165, 1.54) is 0 Å². The van der Waals surface area contributed by atoms with Crippen LogP contribution in [0.5, 0.6) is 0 Å². The summed E-state index contributed by atoms with van der Waals surface area (Å²) in [7, 11) is 1.63. The van der Waals surface area contributed by atoms with Gasteiger partial charge in [-0.2, -0.15) is 0 Å². The molecular formula is C22H21N9O2. The molecule has 1 aromatic carbocycles. The summed E-state index contributed by atoms with van der Waals surface area (Å²) in [5.74, 6) is 0.397. The summed E-state index contributed by atoms with van der Waals surface area (Å²) in [4.78, 5) is 48.2. The predicted octanol–water partition coefficient (Wildman–Crippen LogP) is 1.82. The van der Waals surface area contributed by atoms with Gasteiger partial charge in [0, 0.05) is 31.2 Å². The van der Waals surface area contributed by atoms with E-state index in [0.29, 0.717) is 50.9 Å². The number of nitrogens with zero attached hydrogens (tertiary/aromatic N) is 4. The Morgan fingerprint density at radius 1 is 1.15 bits per heavy atom. The molecule has 0 spiro atoms. The Balaban J connectivity index is 1.71. The fourth-order valence-electron chi connectivity index (χ4n) is 4.00. The molecule has 0 bridgehead atoms. The minimum Gasteiger partial charge on any atom is -0.377 e. The lowest BCUT2D eigenvalue weighted by atomic mass is 10.0. The number of fused-ring (bicyclic) bond motifs is 2. The number of pyridine rings is 1. The van der Waals surface area contributed by atoms with Gasteiger partial charge in [-0.15, -0.1) is 0 Å². The van der Waals surface area contributed by atoms with Crippen LogP contribution in [0.2, 0.25) is 0 Å². The van der Waals surface area contributed by atoms with Gasteiger partial charge in [-0.3, -0.25) is 14.6 Å². The molecule has 2 unspecified atom stereocenters. The molecule has 0 aliphatic carbocycles. The number of aromatic amines is 2. The number of anilines is 2. The number of nitrogens with two attached hydrogens (primary N) is 1. The number of carbonyl (C=O) groups excluding carboxylic acids is 1. The first-order valence-corrected chi connectivity index (χ1v) is 10.3. The van der Waals surface area contributed by atoms with E-state index in [1.54, 1.807) is 49.9 Å². The Kier molecular flexibility index (Phi) is 4.85. The van der Waals surface area contributed by atoms with Crippen LogP contribution in [0.1, 0.15) is 34.8 Å². The highest BCUT2D eigenvalue weighted by Gasteiger charge is 2.33. The summed E-state index contributed by atoms with van der Waals surface area (Å²) in [6.45, 7) is 2.00. The topological polar surface area (TPSA) is 167 Å². The van der Waals surface area contributed by atoms with Crippen LogP contribution in [-0.4, -0.2) is 50.1 Å². The number of amides is 1. The zero-order valence-corrected chi connectivity index (χ0v) is 17.9. The second kappa shape index (κ2) is 7.86. The van der Waals surface area contributed by atoms with E-state index in [1.807, 2.05) is 6.92 Å². The van der Waals surface area contributed by atoms with Crippen LogP contribution < -0.4 is 21.9 Å². The van der Waals surface area contributed by atoms with Gasteiger partial charge in [0.05, 0.1) is 34.1 Å². The summed E-state index contributed by atoms with van der Waals surface area (Å²) in [5.41, 5.74) is 8.68. The lowest BCUT2D eigenvalue weighted by molar-refractivity contribution is 0.100. The minimum atomic E-state index is -0.544. The normalized spacial score (nSPS) is 17.5. The number of carbonyl (C=O) groups is 1. The zero-order valence-electron chi connectivity index (χ0n) is 17.9. The molecule has 0 fully saturated rings. The first-order chi connectivity index (χ1) is 16.0. The van der Waals surface area contributed by atoms with Gasteiger partial charge in [0.15, 0.2) is 5.82 Å². The Labute approximate surface area is 187 Å². The molecule has 1 amide bonds. The summed E-state index contributed by atoms with van der Waals surface area (Å²) < 4.78 is 0. The first kappa shape index (κ1) is 20.4. The second-order valence-corrected chi connectivity index (χ2v) is 7.72. The van der Waals surface area contributed by atoms with Crippen molar-refractivity contribution < 1.29 is 4.79 Å². The number of hydrogen-bond donors (Lipinski definition) is 5. The van der Waals surface area contributed by atoms with Gasteiger partial charge in [0.2, 0.25) is 5.91 Å². The van der Waals surface area contributed by atoms with Gasteiger partial charge in [-0.1, -0.05) is 0 Å². The minimum absolute atomic E-state index is 0.0866. The first-order valence-electron chi connectivity index (χ1n) is 10.3. The maximum atomic E-state index is 13.2. The number of aliphatic imine (C=N–C) groups is 1. The molecule has 2 atom stereocenters. The number of rotatable bonds is 4. The fraction of sp³-hybridized carbons (Fsp3) is 0.182. The molecule has 4 heterocycles. The third-order valence-electron chi connectivity index (χ3n) is 5.54. The van der Waals surface area contributed by atoms with Gasteiger partial charge < -0.3 is 26.3 Å². The molecule has 0 saturated carbocycles. The molecule has 0 radical (unpaired) electrons. The van der Waals surface area contributed by atoms with Gasteiger partial charge in [-0.25, -0.2) is 15.0 Å². The number of H-pyrrole nitrogens is 2. The third-order valence-corrected chi connectivity index (χ3v) is 5.54. The van der Waals surface area contributed by atoms with E-state index in [2.05, 4.69) is 40.5 Å². The third kappa shape index (κ3) is 3.49. The van der Waals surface area contributed by atoms with E-state index in [4.69, 9.17) is 5.73 Å². The SMILES string of the molecule is CN=Cc1[nH]c(=O)c(-c2nc3ccc(C(N)=O)cc3[nH]2)c2c1NC(C)C(c1ncccn1)N2. The van der Waals surface area contributed by atoms with Crippen LogP contribution in [0.4, 0.5) is 11.4 Å². The summed E-state index contributed by atoms with van der Waals surface area (Å²) in [6.07, 6.45) is 4.94. The molecule has 1 aliphatic rings. The van der Waals surface area contributed by atoms with Crippen molar-refractivity contribution in [3.8, 4) is 11.4 Å². The van der Waals surface area contributed by atoms with Crippen molar-refractivity contribution in [2.24, 2.45) is 10.7 Å². The van der Waals surface area contributed by atoms with Crippen molar-refractivity contribution in [3.63, 3.8) is 0 Å². The van der Waals surface area contributed by atoms with Gasteiger partial charge >= 0.3 is 0 Å². The zero-order chi connectivity index (χ0) is 23.1. The van der Waals surface area contributed by atoms with Crippen molar-refractivity contribution in [1.29, 1.82) is 0 Å². The number of aromatic nitrogens is 5. The standard InChI is InChI=1S/C22H21N9O2/c1-10-16(21-25-6-3-7-26-21)31-18-15(22(33)30-14(9-24-2)17(18)27-10)20-28-12-5-4-11(19(23)32)8-13(12)29-20/h3-10,16,27,31H,1-2H3,(H2,23,32)(H,28,29)(H,30,33). The number of hydrogen-bond acceptors (Lipinski definition) is 8. The van der Waals surface area contributed by atoms with Crippen molar-refractivity contribution in [3.05, 3.63) is 64.1 Å². The number of benzene rings is 1. The van der Waals surface area contributed by atoms with Crippen LogP contribution in [0.15, 0.2) is 46.4 Å².